The third kappa shape index (κ3) is 10.6. The molecule has 0 aromatic heterocycles. The van der Waals surface area contributed by atoms with Gasteiger partial charge in [0.05, 0.1) is 6.61 Å². The van der Waals surface area contributed by atoms with E-state index < -0.39 is 8.25 Å². The van der Waals surface area contributed by atoms with Crippen molar-refractivity contribution in [2.75, 3.05) is 6.61 Å². The lowest BCUT2D eigenvalue weighted by Gasteiger charge is -2.01. The molecule has 0 rings (SSSR count). The van der Waals surface area contributed by atoms with Gasteiger partial charge in [-0.1, -0.05) is 39.0 Å². The second kappa shape index (κ2) is 10.7. The molecule has 0 aliphatic carbocycles. The lowest BCUT2D eigenvalue weighted by Crippen LogP contribution is -1.87. The summed E-state index contributed by atoms with van der Waals surface area (Å²) in [7, 11) is -2.26. The fourth-order valence-electron chi connectivity index (χ4n) is 1.06. The van der Waals surface area contributed by atoms with E-state index >= 15 is 0 Å². The van der Waals surface area contributed by atoms with Gasteiger partial charge in [0.2, 0.25) is 0 Å². The summed E-state index contributed by atoms with van der Waals surface area (Å²) in [5.41, 5.74) is 0. The van der Waals surface area contributed by atoms with Crippen LogP contribution in [0.4, 0.5) is 0 Å². The van der Waals surface area contributed by atoms with Crippen molar-refractivity contribution in [1.29, 1.82) is 0 Å². The first kappa shape index (κ1) is 13.6. The van der Waals surface area contributed by atoms with E-state index in [-0.39, 0.29) is 0 Å². The third-order valence-corrected chi connectivity index (χ3v) is 3.14. The maximum Gasteiger partial charge on any atom is 0.330 e. The molecule has 0 bridgehead atoms. The Labute approximate surface area is 89.6 Å². The largest absolute Gasteiger partial charge is 0.330 e. The molecule has 0 aliphatic heterocycles. The number of rotatable bonds is 9. The van der Waals surface area contributed by atoms with E-state index in [0.717, 1.165) is 12.8 Å². The monoisotopic (exact) mass is 272 g/mol. The van der Waals surface area contributed by atoms with Crippen molar-refractivity contribution < 1.29 is 12.7 Å². The molecule has 5 heteroatoms. The van der Waals surface area contributed by atoms with Gasteiger partial charge < -0.3 is 4.52 Å². The van der Waals surface area contributed by atoms with E-state index in [0.29, 0.717) is 6.61 Å². The Morgan fingerprint density at radius 2 is 1.77 bits per heavy atom. The van der Waals surface area contributed by atoms with Crippen molar-refractivity contribution in [2.24, 2.45) is 0 Å². The normalized spacial score (nSPS) is 13.1. The molecular formula is C8H18BrO3P. The van der Waals surface area contributed by atoms with Crippen LogP contribution in [0.3, 0.4) is 0 Å². The number of hydrogen-bond acceptors (Lipinski definition) is 3. The van der Waals surface area contributed by atoms with Gasteiger partial charge in [-0.3, -0.25) is 4.57 Å². The molecule has 0 amide bonds. The summed E-state index contributed by atoms with van der Waals surface area (Å²) in [5.74, 6) is 0. The maximum atomic E-state index is 10.6. The van der Waals surface area contributed by atoms with Crippen LogP contribution in [0.15, 0.2) is 0 Å². The molecule has 3 nitrogen and oxygen atoms in total. The van der Waals surface area contributed by atoms with Crippen LogP contribution in [0, 0.1) is 0 Å². The van der Waals surface area contributed by atoms with Crippen LogP contribution in [-0.4, -0.2) is 6.61 Å². The summed E-state index contributed by atoms with van der Waals surface area (Å²) in [6.07, 6.45) is 7.23. The number of unbranched alkanes of at least 4 members (excludes halogenated alkanes) is 5. The Kier molecular flexibility index (Phi) is 11.2. The van der Waals surface area contributed by atoms with Crippen molar-refractivity contribution in [3.8, 4) is 0 Å². The van der Waals surface area contributed by atoms with Gasteiger partial charge in [0.25, 0.3) is 0 Å². The van der Waals surface area contributed by atoms with Gasteiger partial charge in [0.15, 0.2) is 0 Å². The summed E-state index contributed by atoms with van der Waals surface area (Å²) >= 11 is 2.63. The molecule has 0 aliphatic rings. The zero-order valence-corrected chi connectivity index (χ0v) is 10.6. The highest BCUT2D eigenvalue weighted by Crippen LogP contribution is 2.26. The van der Waals surface area contributed by atoms with Gasteiger partial charge in [-0.2, -0.15) is 0 Å². The van der Waals surface area contributed by atoms with Gasteiger partial charge >= 0.3 is 8.25 Å². The quantitative estimate of drug-likeness (QED) is 0.469. The van der Waals surface area contributed by atoms with E-state index in [4.69, 9.17) is 4.52 Å². The van der Waals surface area contributed by atoms with Gasteiger partial charge in [-0.25, -0.2) is 3.62 Å². The molecule has 0 saturated heterocycles. The minimum atomic E-state index is -2.26. The number of hydrogen-bond donors (Lipinski definition) is 0. The highest BCUT2D eigenvalue weighted by Gasteiger charge is 1.96. The zero-order valence-electron chi connectivity index (χ0n) is 8.05. The van der Waals surface area contributed by atoms with Crippen LogP contribution >= 0.6 is 24.5 Å². The SMILES string of the molecule is CCCCCCCCO[PH](=O)OBr. The van der Waals surface area contributed by atoms with Gasteiger partial charge in [-0.15, -0.1) is 0 Å². The molecule has 1 atom stereocenters. The summed E-state index contributed by atoms with van der Waals surface area (Å²) in [5, 5.41) is 0. The zero-order chi connectivity index (χ0) is 9.94. The van der Waals surface area contributed by atoms with Crippen LogP contribution in [0.25, 0.3) is 0 Å². The van der Waals surface area contributed by atoms with Crippen LogP contribution < -0.4 is 0 Å². The smallest absolute Gasteiger partial charge is 0.310 e. The predicted molar refractivity (Wildman–Crippen MR) is 58.3 cm³/mol. The highest BCUT2D eigenvalue weighted by molar-refractivity contribution is 9.06. The standard InChI is InChI=1S/C8H18BrO3P/c1-2-3-4-5-6-7-8-11-13(10)12-9/h13H,2-8H2,1H3. The Morgan fingerprint density at radius 1 is 1.15 bits per heavy atom. The Morgan fingerprint density at radius 3 is 2.38 bits per heavy atom. The molecule has 0 aromatic carbocycles. The van der Waals surface area contributed by atoms with Crippen molar-refractivity contribution in [3.05, 3.63) is 0 Å². The summed E-state index contributed by atoms with van der Waals surface area (Å²) < 4.78 is 19.8. The van der Waals surface area contributed by atoms with Crippen molar-refractivity contribution in [2.45, 2.75) is 45.4 Å². The average molecular weight is 273 g/mol. The molecule has 0 radical (unpaired) electrons. The Bertz CT molecular complexity index is 133. The van der Waals surface area contributed by atoms with E-state index in [1.807, 2.05) is 0 Å². The summed E-state index contributed by atoms with van der Waals surface area (Å²) in [6.45, 7) is 2.73. The minimum absolute atomic E-state index is 0.537. The first-order valence-electron chi connectivity index (χ1n) is 4.76. The van der Waals surface area contributed by atoms with Gasteiger partial charge in [0.1, 0.15) is 16.3 Å². The summed E-state index contributed by atoms with van der Waals surface area (Å²) in [4.78, 5) is 0. The molecule has 80 valence electrons. The highest BCUT2D eigenvalue weighted by atomic mass is 79.9. The first-order chi connectivity index (χ1) is 6.31. The minimum Gasteiger partial charge on any atom is -0.310 e. The van der Waals surface area contributed by atoms with E-state index in [1.165, 1.54) is 25.7 Å². The topological polar surface area (TPSA) is 35.5 Å². The van der Waals surface area contributed by atoms with Crippen LogP contribution in [-0.2, 0) is 12.7 Å². The van der Waals surface area contributed by atoms with E-state index in [1.54, 1.807) is 0 Å². The lowest BCUT2D eigenvalue weighted by molar-refractivity contribution is 0.287. The van der Waals surface area contributed by atoms with Gasteiger partial charge in [0, 0.05) is 0 Å². The average Bonchev–Trinajstić information content (AvgIpc) is 2.16. The molecule has 1 unspecified atom stereocenters. The van der Waals surface area contributed by atoms with E-state index in [9.17, 15) is 4.57 Å². The Hall–Kier alpha value is 0.630. The second-order valence-corrected chi connectivity index (χ2v) is 4.86. The molecule has 0 N–H and O–H groups in total. The third-order valence-electron chi connectivity index (χ3n) is 1.78. The number of halogens is 1. The molecule has 0 spiro atoms. The first-order valence-corrected chi connectivity index (χ1v) is 6.63. The lowest BCUT2D eigenvalue weighted by atomic mass is 10.1. The molecule has 0 fully saturated rings. The van der Waals surface area contributed by atoms with Crippen molar-refractivity contribution in [3.63, 3.8) is 0 Å². The van der Waals surface area contributed by atoms with Crippen LogP contribution in [0.2, 0.25) is 0 Å². The van der Waals surface area contributed by atoms with Gasteiger partial charge in [-0.05, 0) is 6.42 Å². The molecular weight excluding hydrogens is 255 g/mol. The Balaban J connectivity index is 2.95. The molecule has 0 saturated carbocycles. The van der Waals surface area contributed by atoms with Crippen molar-refractivity contribution >= 4 is 24.5 Å². The predicted octanol–water partition coefficient (Wildman–Crippen LogP) is 4.08. The molecule has 0 aromatic rings. The second-order valence-electron chi connectivity index (χ2n) is 2.94. The maximum absolute atomic E-state index is 10.6. The van der Waals surface area contributed by atoms with E-state index in [2.05, 4.69) is 26.8 Å². The van der Waals surface area contributed by atoms with Crippen molar-refractivity contribution in [1.82, 2.24) is 0 Å². The van der Waals surface area contributed by atoms with Crippen LogP contribution in [0.1, 0.15) is 45.4 Å². The summed E-state index contributed by atoms with van der Waals surface area (Å²) in [6, 6.07) is 0. The fourth-order valence-corrected chi connectivity index (χ4v) is 1.70. The molecule has 13 heavy (non-hydrogen) atoms. The molecule has 0 heterocycles. The fraction of sp³-hybridized carbons (Fsp3) is 1.00. The van der Waals surface area contributed by atoms with Crippen LogP contribution in [0.5, 0.6) is 0 Å².